The maximum atomic E-state index is 11.1. The van der Waals surface area contributed by atoms with E-state index in [1.807, 2.05) is 0 Å². The SMILES string of the molecule is Cc1[c-]n(C)c(=O)c(C)c1O.[La]. The third kappa shape index (κ3) is 2.00. The fraction of sp³-hybridized carbons (Fsp3) is 0.375. The fourth-order valence-corrected chi connectivity index (χ4v) is 0.989. The molecular weight excluding hydrogens is 281 g/mol. The zero-order chi connectivity index (χ0) is 8.59. The van der Waals surface area contributed by atoms with Gasteiger partial charge in [-0.1, -0.05) is 25.6 Å². The van der Waals surface area contributed by atoms with Crippen molar-refractivity contribution in [2.24, 2.45) is 7.05 Å². The predicted octanol–water partition coefficient (Wildman–Crippen LogP) is 0.508. The topological polar surface area (TPSA) is 42.2 Å². The molecule has 12 heavy (non-hydrogen) atoms. The molecule has 1 radical (unpaired) electrons. The van der Waals surface area contributed by atoms with Crippen molar-refractivity contribution in [3.05, 3.63) is 27.7 Å². The Labute approximate surface area is 99.0 Å². The van der Waals surface area contributed by atoms with Gasteiger partial charge in [0.1, 0.15) is 5.56 Å². The maximum absolute atomic E-state index is 11.1. The van der Waals surface area contributed by atoms with Gasteiger partial charge >= 0.3 is 0 Å². The summed E-state index contributed by atoms with van der Waals surface area (Å²) in [6, 6.07) is 0. The van der Waals surface area contributed by atoms with Crippen LogP contribution in [0.25, 0.3) is 0 Å². The summed E-state index contributed by atoms with van der Waals surface area (Å²) in [5.41, 5.74) is 0.779. The van der Waals surface area contributed by atoms with Gasteiger partial charge in [-0.2, -0.15) is 0 Å². The molecule has 0 aromatic carbocycles. The summed E-state index contributed by atoms with van der Waals surface area (Å²) in [5, 5.41) is 9.27. The van der Waals surface area contributed by atoms with Crippen LogP contribution < -0.4 is 5.56 Å². The minimum atomic E-state index is -0.201. The predicted molar refractivity (Wildman–Crippen MR) is 41.7 cm³/mol. The molecule has 0 aliphatic carbocycles. The van der Waals surface area contributed by atoms with Gasteiger partial charge in [-0.3, -0.25) is 0 Å². The number of aromatic hydroxyl groups is 1. The Hall–Kier alpha value is -0.0552. The molecule has 0 bridgehead atoms. The molecule has 0 aliphatic heterocycles. The van der Waals surface area contributed by atoms with Crippen LogP contribution in [-0.4, -0.2) is 9.67 Å². The van der Waals surface area contributed by atoms with E-state index in [4.69, 9.17) is 0 Å². The zero-order valence-corrected chi connectivity index (χ0v) is 11.0. The van der Waals surface area contributed by atoms with Crippen LogP contribution in [0.5, 0.6) is 5.75 Å². The van der Waals surface area contributed by atoms with E-state index in [0.29, 0.717) is 11.1 Å². The number of hydrogen-bond donors (Lipinski definition) is 1. The Kier molecular flexibility index (Phi) is 4.24. The van der Waals surface area contributed by atoms with Gasteiger partial charge in [-0.25, -0.2) is 0 Å². The van der Waals surface area contributed by atoms with E-state index in [2.05, 4.69) is 6.20 Å². The van der Waals surface area contributed by atoms with Crippen molar-refractivity contribution in [3.63, 3.8) is 0 Å². The van der Waals surface area contributed by atoms with E-state index in [0.717, 1.165) is 0 Å². The molecule has 1 aromatic rings. The number of rotatable bonds is 0. The van der Waals surface area contributed by atoms with Gasteiger partial charge in [0.15, 0.2) is 0 Å². The summed E-state index contributed by atoms with van der Waals surface area (Å²) < 4.78 is 1.34. The molecule has 1 aromatic heterocycles. The first-order valence-electron chi connectivity index (χ1n) is 3.32. The average molecular weight is 291 g/mol. The third-order valence-electron chi connectivity index (χ3n) is 1.67. The fourth-order valence-electron chi connectivity index (χ4n) is 0.989. The zero-order valence-electron chi connectivity index (χ0n) is 7.38. The Morgan fingerprint density at radius 1 is 1.42 bits per heavy atom. The molecule has 0 fully saturated rings. The summed E-state index contributed by atoms with van der Waals surface area (Å²) in [6.07, 6.45) is 2.70. The maximum Gasteiger partial charge on any atom is 0.142 e. The van der Waals surface area contributed by atoms with E-state index in [-0.39, 0.29) is 46.9 Å². The normalized spacial score (nSPS) is 9.25. The molecule has 0 amide bonds. The third-order valence-corrected chi connectivity index (χ3v) is 1.67. The van der Waals surface area contributed by atoms with Crippen LogP contribution in [0.15, 0.2) is 4.79 Å². The van der Waals surface area contributed by atoms with Gasteiger partial charge in [0.2, 0.25) is 0 Å². The molecule has 0 saturated carbocycles. The Morgan fingerprint density at radius 3 is 2.42 bits per heavy atom. The summed E-state index contributed by atoms with van der Waals surface area (Å²) >= 11 is 0. The van der Waals surface area contributed by atoms with E-state index < -0.39 is 0 Å². The number of pyridine rings is 1. The van der Waals surface area contributed by atoms with Gasteiger partial charge in [0.25, 0.3) is 0 Å². The molecule has 0 atom stereocenters. The summed E-state index contributed by atoms with van der Waals surface area (Å²) in [7, 11) is 1.61. The summed E-state index contributed by atoms with van der Waals surface area (Å²) in [6.45, 7) is 3.31. The Balaban J connectivity index is 0.00000121. The number of aromatic nitrogens is 1. The van der Waals surface area contributed by atoms with Crippen molar-refractivity contribution >= 4 is 0 Å². The Morgan fingerprint density at radius 2 is 1.92 bits per heavy atom. The minimum Gasteiger partial charge on any atom is -0.565 e. The molecule has 1 N–H and O–H groups in total. The van der Waals surface area contributed by atoms with Crippen molar-refractivity contribution < 1.29 is 40.7 Å². The molecule has 1 heterocycles. The van der Waals surface area contributed by atoms with Gasteiger partial charge < -0.3 is 14.5 Å². The minimum absolute atomic E-state index is 0. The van der Waals surface area contributed by atoms with Crippen LogP contribution in [0, 0.1) is 55.6 Å². The van der Waals surface area contributed by atoms with Gasteiger partial charge in [-0.05, 0) is 7.05 Å². The second-order valence-electron chi connectivity index (χ2n) is 2.57. The van der Waals surface area contributed by atoms with Crippen LogP contribution >= 0.6 is 0 Å². The van der Waals surface area contributed by atoms with Crippen LogP contribution in [0.1, 0.15) is 11.1 Å². The summed E-state index contributed by atoms with van der Waals surface area (Å²) in [5.74, 6) is 0.0492. The first-order valence-corrected chi connectivity index (χ1v) is 3.32. The molecule has 4 heteroatoms. The van der Waals surface area contributed by atoms with Crippen LogP contribution in [0.4, 0.5) is 0 Å². The molecule has 0 spiro atoms. The van der Waals surface area contributed by atoms with Crippen LogP contribution in [0.3, 0.4) is 0 Å². The van der Waals surface area contributed by atoms with Crippen LogP contribution in [0.2, 0.25) is 0 Å². The first-order chi connectivity index (χ1) is 5.04. The van der Waals surface area contributed by atoms with E-state index >= 15 is 0 Å². The van der Waals surface area contributed by atoms with Crippen LogP contribution in [-0.2, 0) is 7.05 Å². The molecule has 0 saturated heterocycles. The van der Waals surface area contributed by atoms with E-state index in [9.17, 15) is 9.90 Å². The molecule has 0 unspecified atom stereocenters. The molecule has 3 nitrogen and oxygen atoms in total. The largest absolute Gasteiger partial charge is 0.565 e. The standard InChI is InChI=1S/C8H10NO2.La/c1-5-4-9(3)8(11)6(2)7(5)10;/h10H,1-3H3;/q-1;. The number of hydrogen-bond acceptors (Lipinski definition) is 2. The van der Waals surface area contributed by atoms with Gasteiger partial charge in [0.05, 0.1) is 0 Å². The van der Waals surface area contributed by atoms with Gasteiger partial charge in [0, 0.05) is 41.3 Å². The quantitative estimate of drug-likeness (QED) is 0.708. The number of nitrogens with zero attached hydrogens (tertiary/aromatic N) is 1. The molecule has 1 rings (SSSR count). The second-order valence-corrected chi connectivity index (χ2v) is 2.57. The van der Waals surface area contributed by atoms with Crippen molar-refractivity contribution in [2.45, 2.75) is 13.8 Å². The summed E-state index contributed by atoms with van der Waals surface area (Å²) in [4.78, 5) is 11.1. The monoisotopic (exact) mass is 291 g/mol. The van der Waals surface area contributed by atoms with Crippen molar-refractivity contribution in [2.75, 3.05) is 0 Å². The smallest absolute Gasteiger partial charge is 0.142 e. The second kappa shape index (κ2) is 4.26. The molecule has 0 aliphatic rings. The Bertz CT molecular complexity index is 344. The average Bonchev–Trinajstić information content (AvgIpc) is 1.97. The van der Waals surface area contributed by atoms with E-state index in [1.54, 1.807) is 20.9 Å². The van der Waals surface area contributed by atoms with Crippen molar-refractivity contribution in [1.29, 1.82) is 0 Å². The number of aryl methyl sites for hydroxylation is 2. The van der Waals surface area contributed by atoms with Crippen molar-refractivity contribution in [3.8, 4) is 5.75 Å². The van der Waals surface area contributed by atoms with Crippen molar-refractivity contribution in [1.82, 2.24) is 4.57 Å². The first kappa shape index (κ1) is 11.9. The molecule has 63 valence electrons. The molecular formula is C8H10LaNO2-. The van der Waals surface area contributed by atoms with Gasteiger partial charge in [-0.15, -0.1) is 5.56 Å². The van der Waals surface area contributed by atoms with E-state index in [1.165, 1.54) is 4.57 Å².